The highest BCUT2D eigenvalue weighted by Crippen LogP contribution is 2.03. The molecule has 3 N–H and O–H groups in total. The Balaban J connectivity index is 0.000000360. The van der Waals surface area contributed by atoms with Crippen LogP contribution < -0.4 is 11.3 Å². The highest BCUT2D eigenvalue weighted by molar-refractivity contribution is 7.80. The summed E-state index contributed by atoms with van der Waals surface area (Å²) < 4.78 is 16.9. The minimum absolute atomic E-state index is 0.284. The van der Waals surface area contributed by atoms with Crippen LogP contribution in [0.4, 0.5) is 4.39 Å². The van der Waals surface area contributed by atoms with Crippen LogP contribution in [0, 0.1) is 5.82 Å². The first kappa shape index (κ1) is 16.5. The van der Waals surface area contributed by atoms with Gasteiger partial charge in [-0.3, -0.25) is 4.79 Å². The van der Waals surface area contributed by atoms with Crippen LogP contribution >= 0.6 is 12.2 Å². The maximum absolute atomic E-state index is 12.4. The Bertz CT molecular complexity index is 388. The summed E-state index contributed by atoms with van der Waals surface area (Å²) in [7, 11) is 0. The van der Waals surface area contributed by atoms with Crippen LogP contribution in [0.15, 0.2) is 24.3 Å². The lowest BCUT2D eigenvalue weighted by Gasteiger charge is -2.14. The molecule has 0 heterocycles. The average Bonchev–Trinajstić information content (AvgIpc) is 2.28. The molecular weight excluding hydrogens is 255 g/mol. The molecule has 0 spiro atoms. The van der Waals surface area contributed by atoms with Gasteiger partial charge in [-0.25, -0.2) is 10.2 Å². The molecule has 0 saturated heterocycles. The number of rotatable bonds is 2. The second kappa shape index (κ2) is 7.73. The summed E-state index contributed by atoms with van der Waals surface area (Å²) in [5.41, 5.74) is 2.70. The molecule has 0 aromatic heterocycles. The molecule has 0 radical (unpaired) electrons. The van der Waals surface area contributed by atoms with Crippen LogP contribution in [0.3, 0.4) is 0 Å². The minimum Gasteiger partial charge on any atom is -0.462 e. The molecule has 0 amide bonds. The van der Waals surface area contributed by atoms with Crippen LogP contribution in [0.25, 0.3) is 0 Å². The van der Waals surface area contributed by atoms with Gasteiger partial charge in [0.15, 0.2) is 0 Å². The van der Waals surface area contributed by atoms with E-state index in [9.17, 15) is 9.18 Å². The molecule has 0 saturated carbocycles. The lowest BCUT2D eigenvalue weighted by Crippen LogP contribution is -2.28. The van der Waals surface area contributed by atoms with E-state index in [0.717, 1.165) is 0 Å². The second-order valence-electron chi connectivity index (χ2n) is 4.31. The van der Waals surface area contributed by atoms with Crippen LogP contribution in [0.5, 0.6) is 0 Å². The van der Waals surface area contributed by atoms with Crippen molar-refractivity contribution in [1.82, 2.24) is 5.43 Å². The highest BCUT2D eigenvalue weighted by Gasteiger charge is 2.07. The van der Waals surface area contributed by atoms with Crippen LogP contribution in [0.2, 0.25) is 0 Å². The molecule has 0 atom stereocenters. The van der Waals surface area contributed by atoms with Crippen molar-refractivity contribution in [3.05, 3.63) is 35.6 Å². The SMILES string of the molecule is CC(C)(C)OC=O.NNC(=S)c1ccc(F)cc1. The average molecular weight is 272 g/mol. The second-order valence-corrected chi connectivity index (χ2v) is 4.72. The van der Waals surface area contributed by atoms with Gasteiger partial charge in [0.1, 0.15) is 16.4 Å². The van der Waals surface area contributed by atoms with Gasteiger partial charge in [-0.2, -0.15) is 0 Å². The van der Waals surface area contributed by atoms with Gasteiger partial charge in [0, 0.05) is 5.56 Å². The largest absolute Gasteiger partial charge is 0.462 e. The topological polar surface area (TPSA) is 64.3 Å². The molecule has 1 aromatic carbocycles. The summed E-state index contributed by atoms with van der Waals surface area (Å²) >= 11 is 4.81. The number of nitrogens with two attached hydrogens (primary N) is 1. The van der Waals surface area contributed by atoms with Crippen molar-refractivity contribution < 1.29 is 13.9 Å². The number of halogens is 1. The van der Waals surface area contributed by atoms with E-state index in [-0.39, 0.29) is 11.4 Å². The fraction of sp³-hybridized carbons (Fsp3) is 0.333. The first-order valence-corrected chi connectivity index (χ1v) is 5.59. The maximum Gasteiger partial charge on any atom is 0.293 e. The van der Waals surface area contributed by atoms with Gasteiger partial charge in [0.05, 0.1) is 0 Å². The van der Waals surface area contributed by atoms with E-state index in [0.29, 0.717) is 17.0 Å². The maximum atomic E-state index is 12.4. The van der Waals surface area contributed by atoms with E-state index >= 15 is 0 Å². The Labute approximate surface area is 111 Å². The zero-order valence-electron chi connectivity index (χ0n) is 10.6. The van der Waals surface area contributed by atoms with Crippen LogP contribution in [0.1, 0.15) is 26.3 Å². The molecule has 0 aliphatic carbocycles. The fourth-order valence-electron chi connectivity index (χ4n) is 0.829. The third-order valence-electron chi connectivity index (χ3n) is 1.64. The van der Waals surface area contributed by atoms with Gasteiger partial charge < -0.3 is 10.2 Å². The quantitative estimate of drug-likeness (QED) is 0.373. The Morgan fingerprint density at radius 3 is 2.17 bits per heavy atom. The third kappa shape index (κ3) is 7.70. The number of nitrogens with one attached hydrogen (secondary N) is 1. The Morgan fingerprint density at radius 1 is 1.39 bits per heavy atom. The van der Waals surface area contributed by atoms with Crippen molar-refractivity contribution in [2.24, 2.45) is 5.84 Å². The zero-order chi connectivity index (χ0) is 14.2. The van der Waals surface area contributed by atoms with E-state index in [1.807, 2.05) is 20.8 Å². The lowest BCUT2D eigenvalue weighted by molar-refractivity contribution is -0.138. The molecule has 0 aliphatic heterocycles. The van der Waals surface area contributed by atoms with Gasteiger partial charge in [-0.1, -0.05) is 12.2 Å². The van der Waals surface area contributed by atoms with Gasteiger partial charge in [-0.15, -0.1) is 0 Å². The number of ether oxygens (including phenoxy) is 1. The van der Waals surface area contributed by atoms with E-state index < -0.39 is 0 Å². The predicted octanol–water partition coefficient (Wildman–Crippen LogP) is 1.92. The molecular formula is C12H17FN2O2S. The van der Waals surface area contributed by atoms with E-state index in [2.05, 4.69) is 10.2 Å². The normalized spacial score (nSPS) is 9.83. The Morgan fingerprint density at radius 2 is 1.89 bits per heavy atom. The molecule has 0 aliphatic rings. The molecule has 18 heavy (non-hydrogen) atoms. The summed E-state index contributed by atoms with van der Waals surface area (Å²) in [6, 6.07) is 5.80. The highest BCUT2D eigenvalue weighted by atomic mass is 32.1. The zero-order valence-corrected chi connectivity index (χ0v) is 11.4. The molecule has 100 valence electrons. The van der Waals surface area contributed by atoms with Crippen molar-refractivity contribution >= 4 is 23.7 Å². The first-order valence-electron chi connectivity index (χ1n) is 5.18. The summed E-state index contributed by atoms with van der Waals surface area (Å²) in [5.74, 6) is 4.77. The molecule has 0 bridgehead atoms. The molecule has 6 heteroatoms. The van der Waals surface area contributed by atoms with Gasteiger partial charge in [0.2, 0.25) is 0 Å². The Kier molecular flexibility index (Phi) is 7.07. The van der Waals surface area contributed by atoms with Gasteiger partial charge in [0.25, 0.3) is 6.47 Å². The fourth-order valence-corrected chi connectivity index (χ4v) is 0.965. The standard InChI is InChI=1S/C7H7FN2S.C5H10O2/c8-6-3-1-5(2-4-6)7(11)10-9;1-5(2,3)7-4-6/h1-4H,9H2,(H,10,11);4H,1-3H3. The summed E-state index contributed by atoms with van der Waals surface area (Å²) in [5, 5.41) is 0. The molecule has 4 nitrogen and oxygen atoms in total. The summed E-state index contributed by atoms with van der Waals surface area (Å²) in [6.45, 7) is 5.92. The van der Waals surface area contributed by atoms with Crippen molar-refractivity contribution in [3.63, 3.8) is 0 Å². The molecule has 1 rings (SSSR count). The first-order chi connectivity index (χ1) is 8.30. The van der Waals surface area contributed by atoms with Crippen molar-refractivity contribution in [3.8, 4) is 0 Å². The summed E-state index contributed by atoms with van der Waals surface area (Å²) in [4.78, 5) is 10.0. The van der Waals surface area contributed by atoms with Crippen LogP contribution in [-0.2, 0) is 9.53 Å². The minimum atomic E-state index is -0.318. The number of carbonyl (C=O) groups is 1. The Hall–Kier alpha value is -1.53. The van der Waals surface area contributed by atoms with E-state index in [1.54, 1.807) is 12.1 Å². The smallest absolute Gasteiger partial charge is 0.293 e. The van der Waals surface area contributed by atoms with E-state index in [1.165, 1.54) is 12.1 Å². The lowest BCUT2D eigenvalue weighted by atomic mass is 10.2. The van der Waals surface area contributed by atoms with Crippen LogP contribution in [-0.4, -0.2) is 17.1 Å². The number of hydrogen-bond acceptors (Lipinski definition) is 4. The van der Waals surface area contributed by atoms with Crippen molar-refractivity contribution in [2.75, 3.05) is 0 Å². The monoisotopic (exact) mass is 272 g/mol. The number of thiocarbonyl (C=S) groups is 1. The van der Waals surface area contributed by atoms with Gasteiger partial charge in [-0.05, 0) is 45.0 Å². The van der Waals surface area contributed by atoms with E-state index in [4.69, 9.17) is 18.1 Å². The number of hydrazine groups is 1. The number of hydrogen-bond donors (Lipinski definition) is 2. The molecule has 0 unspecified atom stereocenters. The molecule has 0 fully saturated rings. The third-order valence-corrected chi connectivity index (χ3v) is 1.99. The number of carbonyl (C=O) groups excluding carboxylic acids is 1. The predicted molar refractivity (Wildman–Crippen MR) is 72.3 cm³/mol. The number of benzene rings is 1. The summed E-state index contributed by atoms with van der Waals surface area (Å²) in [6.07, 6.45) is 0. The van der Waals surface area contributed by atoms with Crippen molar-refractivity contribution in [1.29, 1.82) is 0 Å². The van der Waals surface area contributed by atoms with Crippen molar-refractivity contribution in [2.45, 2.75) is 26.4 Å². The molecule has 1 aromatic rings. The van der Waals surface area contributed by atoms with Gasteiger partial charge >= 0.3 is 0 Å².